The lowest BCUT2D eigenvalue weighted by Crippen LogP contribution is -2.36. The molecule has 1 fully saturated rings. The van der Waals surface area contributed by atoms with E-state index < -0.39 is 0 Å². The van der Waals surface area contributed by atoms with Gasteiger partial charge in [0.05, 0.1) is 19.6 Å². The Hall–Kier alpha value is -1.49. The molecule has 0 bridgehead atoms. The van der Waals surface area contributed by atoms with Gasteiger partial charge in [0, 0.05) is 12.3 Å². The molecule has 4 nitrogen and oxygen atoms in total. The molecule has 5 heteroatoms. The molecule has 1 amide bonds. The van der Waals surface area contributed by atoms with Crippen LogP contribution >= 0.6 is 11.8 Å². The molecule has 18 heavy (non-hydrogen) atoms. The van der Waals surface area contributed by atoms with Gasteiger partial charge in [-0.05, 0) is 17.7 Å². The zero-order valence-electron chi connectivity index (χ0n) is 10.1. The van der Waals surface area contributed by atoms with Crippen LogP contribution in [0.15, 0.2) is 29.3 Å². The number of carbonyl (C=O) groups excluding carboxylic acids is 1. The van der Waals surface area contributed by atoms with Gasteiger partial charge in [0.2, 0.25) is 5.91 Å². The van der Waals surface area contributed by atoms with Crippen LogP contribution in [-0.4, -0.2) is 35.4 Å². The summed E-state index contributed by atoms with van der Waals surface area (Å²) in [4.78, 5) is 18.4. The first-order chi connectivity index (χ1) is 8.78. The van der Waals surface area contributed by atoms with Crippen molar-refractivity contribution in [2.24, 2.45) is 4.99 Å². The molecule has 1 aromatic carbocycles. The van der Waals surface area contributed by atoms with E-state index in [4.69, 9.17) is 4.74 Å². The molecule has 2 heterocycles. The maximum absolute atomic E-state index is 12.0. The van der Waals surface area contributed by atoms with E-state index in [2.05, 4.69) is 4.99 Å². The highest BCUT2D eigenvalue weighted by atomic mass is 32.2. The fraction of sp³-hybridized carbons (Fsp3) is 0.385. The van der Waals surface area contributed by atoms with Crippen molar-refractivity contribution in [3.63, 3.8) is 0 Å². The molecule has 94 valence electrons. The maximum atomic E-state index is 12.0. The molecule has 2 aliphatic heterocycles. The van der Waals surface area contributed by atoms with Crippen LogP contribution in [0.3, 0.4) is 0 Å². The van der Waals surface area contributed by atoms with Crippen LogP contribution in [-0.2, 0) is 4.79 Å². The summed E-state index contributed by atoms with van der Waals surface area (Å²) in [5.41, 5.74) is 1.07. The van der Waals surface area contributed by atoms with Crippen molar-refractivity contribution in [3.8, 4) is 5.75 Å². The quantitative estimate of drug-likeness (QED) is 0.819. The van der Waals surface area contributed by atoms with Crippen LogP contribution in [0.2, 0.25) is 0 Å². The molecular weight excluding hydrogens is 248 g/mol. The highest BCUT2D eigenvalue weighted by Crippen LogP contribution is 2.32. The average molecular weight is 262 g/mol. The van der Waals surface area contributed by atoms with E-state index in [-0.39, 0.29) is 11.9 Å². The number of benzene rings is 1. The number of nitrogens with zero attached hydrogens (tertiary/aromatic N) is 2. The Kier molecular flexibility index (Phi) is 2.99. The van der Waals surface area contributed by atoms with E-state index in [1.807, 2.05) is 24.3 Å². The minimum atomic E-state index is -0.0414. The van der Waals surface area contributed by atoms with Crippen molar-refractivity contribution in [1.82, 2.24) is 4.90 Å². The second kappa shape index (κ2) is 4.65. The number of thioether (sulfide) groups is 1. The van der Waals surface area contributed by atoms with Crippen molar-refractivity contribution in [3.05, 3.63) is 29.8 Å². The molecule has 0 spiro atoms. The Morgan fingerprint density at radius 2 is 2.17 bits per heavy atom. The Bertz CT molecular complexity index is 498. The lowest BCUT2D eigenvalue weighted by atomic mass is 10.0. The minimum absolute atomic E-state index is 0.0414. The van der Waals surface area contributed by atoms with E-state index in [9.17, 15) is 4.79 Å². The van der Waals surface area contributed by atoms with Gasteiger partial charge < -0.3 is 4.74 Å². The number of ether oxygens (including phenoxy) is 1. The van der Waals surface area contributed by atoms with E-state index in [0.29, 0.717) is 6.42 Å². The van der Waals surface area contributed by atoms with Gasteiger partial charge in [-0.3, -0.25) is 14.7 Å². The minimum Gasteiger partial charge on any atom is -0.497 e. The van der Waals surface area contributed by atoms with E-state index in [1.165, 1.54) is 0 Å². The summed E-state index contributed by atoms with van der Waals surface area (Å²) in [6.07, 6.45) is 0.469. The standard InChI is InChI=1S/C13H14N2O2S/c1-17-10-4-2-9(3-5-10)11-8-12(16)15-6-7-18-13(15)14-11/h2-5,11H,6-8H2,1H3/t11-/m1/s1. The molecule has 1 atom stereocenters. The summed E-state index contributed by atoms with van der Waals surface area (Å²) in [7, 11) is 1.65. The Morgan fingerprint density at radius 3 is 2.89 bits per heavy atom. The predicted octanol–water partition coefficient (Wildman–Crippen LogP) is 2.07. The van der Waals surface area contributed by atoms with Gasteiger partial charge in [-0.1, -0.05) is 23.9 Å². The van der Waals surface area contributed by atoms with Crippen LogP contribution in [0.1, 0.15) is 18.0 Å². The number of amides is 1. The number of aliphatic imine (C=N–C) groups is 1. The summed E-state index contributed by atoms with van der Waals surface area (Å²) < 4.78 is 5.13. The zero-order valence-corrected chi connectivity index (χ0v) is 10.9. The number of hydrogen-bond acceptors (Lipinski definition) is 4. The number of rotatable bonds is 2. The summed E-state index contributed by atoms with van der Waals surface area (Å²) >= 11 is 1.67. The van der Waals surface area contributed by atoms with Gasteiger partial charge in [-0.15, -0.1) is 0 Å². The number of methoxy groups -OCH3 is 1. The number of hydrogen-bond donors (Lipinski definition) is 0. The molecule has 1 saturated heterocycles. The summed E-state index contributed by atoms with van der Waals surface area (Å²) in [6, 6.07) is 7.74. The maximum Gasteiger partial charge on any atom is 0.231 e. The van der Waals surface area contributed by atoms with Crippen LogP contribution < -0.4 is 4.74 Å². The van der Waals surface area contributed by atoms with E-state index in [0.717, 1.165) is 28.8 Å². The Balaban J connectivity index is 1.88. The van der Waals surface area contributed by atoms with Crippen molar-refractivity contribution >= 4 is 22.8 Å². The zero-order chi connectivity index (χ0) is 12.5. The van der Waals surface area contributed by atoms with Gasteiger partial charge in [-0.2, -0.15) is 0 Å². The van der Waals surface area contributed by atoms with Crippen LogP contribution in [0.4, 0.5) is 0 Å². The van der Waals surface area contributed by atoms with Crippen LogP contribution in [0.25, 0.3) is 0 Å². The lowest BCUT2D eigenvalue weighted by molar-refractivity contribution is -0.127. The SMILES string of the molecule is COc1ccc([C@H]2CC(=O)N3CCSC3=N2)cc1. The first-order valence-corrected chi connectivity index (χ1v) is 6.91. The first-order valence-electron chi connectivity index (χ1n) is 5.93. The summed E-state index contributed by atoms with van der Waals surface area (Å²) in [5, 5.41) is 0.882. The molecule has 0 aromatic heterocycles. The van der Waals surface area contributed by atoms with Crippen LogP contribution in [0, 0.1) is 0 Å². The molecule has 0 aliphatic carbocycles. The molecular formula is C13H14N2O2S. The lowest BCUT2D eigenvalue weighted by Gasteiger charge is -2.25. The number of amidine groups is 1. The highest BCUT2D eigenvalue weighted by molar-refractivity contribution is 8.14. The molecule has 3 rings (SSSR count). The molecule has 2 aliphatic rings. The molecule has 1 aromatic rings. The van der Waals surface area contributed by atoms with E-state index in [1.54, 1.807) is 23.8 Å². The van der Waals surface area contributed by atoms with Crippen molar-refractivity contribution < 1.29 is 9.53 Å². The first kappa shape index (κ1) is 11.6. The highest BCUT2D eigenvalue weighted by Gasteiger charge is 2.33. The smallest absolute Gasteiger partial charge is 0.231 e. The second-order valence-electron chi connectivity index (χ2n) is 4.30. The molecule has 0 N–H and O–H groups in total. The predicted molar refractivity (Wildman–Crippen MR) is 72.0 cm³/mol. The fourth-order valence-corrected chi connectivity index (χ4v) is 3.22. The molecule has 0 saturated carbocycles. The molecule has 0 radical (unpaired) electrons. The Morgan fingerprint density at radius 1 is 1.39 bits per heavy atom. The van der Waals surface area contributed by atoms with Crippen molar-refractivity contribution in [2.75, 3.05) is 19.4 Å². The van der Waals surface area contributed by atoms with Crippen LogP contribution in [0.5, 0.6) is 5.75 Å². The third-order valence-corrected chi connectivity index (χ3v) is 4.18. The van der Waals surface area contributed by atoms with Crippen molar-refractivity contribution in [2.45, 2.75) is 12.5 Å². The van der Waals surface area contributed by atoms with E-state index >= 15 is 0 Å². The second-order valence-corrected chi connectivity index (χ2v) is 5.36. The summed E-state index contributed by atoms with van der Waals surface area (Å²) in [5.74, 6) is 1.97. The van der Waals surface area contributed by atoms with Gasteiger partial charge in [0.1, 0.15) is 5.75 Å². The topological polar surface area (TPSA) is 41.9 Å². The van der Waals surface area contributed by atoms with Gasteiger partial charge >= 0.3 is 0 Å². The number of fused-ring (bicyclic) bond motifs is 1. The fourth-order valence-electron chi connectivity index (χ4n) is 2.21. The number of carbonyl (C=O) groups is 1. The monoisotopic (exact) mass is 262 g/mol. The van der Waals surface area contributed by atoms with Crippen molar-refractivity contribution in [1.29, 1.82) is 0 Å². The third kappa shape index (κ3) is 1.99. The van der Waals surface area contributed by atoms with Gasteiger partial charge in [0.25, 0.3) is 0 Å². The Labute approximate surface area is 110 Å². The summed E-state index contributed by atoms with van der Waals surface area (Å²) in [6.45, 7) is 0.803. The average Bonchev–Trinajstić information content (AvgIpc) is 2.88. The normalized spacial score (nSPS) is 22.7. The largest absolute Gasteiger partial charge is 0.497 e. The van der Waals surface area contributed by atoms with Gasteiger partial charge in [0.15, 0.2) is 5.17 Å². The third-order valence-electron chi connectivity index (χ3n) is 3.21. The molecule has 0 unspecified atom stereocenters. The van der Waals surface area contributed by atoms with Gasteiger partial charge in [-0.25, -0.2) is 0 Å².